The zero-order chi connectivity index (χ0) is 13.1. The molecule has 2 aliphatic rings. The summed E-state index contributed by atoms with van der Waals surface area (Å²) in [6.07, 6.45) is 8.40. The molecule has 0 radical (unpaired) electrons. The lowest BCUT2D eigenvalue weighted by atomic mass is 9.84. The summed E-state index contributed by atoms with van der Waals surface area (Å²) >= 11 is 0. The van der Waals surface area contributed by atoms with Crippen molar-refractivity contribution in [3.63, 3.8) is 0 Å². The van der Waals surface area contributed by atoms with Gasteiger partial charge in [0.05, 0.1) is 12.6 Å². The second-order valence-electron chi connectivity index (χ2n) is 5.83. The van der Waals surface area contributed by atoms with Gasteiger partial charge in [0.15, 0.2) is 5.82 Å². The Kier molecular flexibility index (Phi) is 4.13. The second kappa shape index (κ2) is 6.01. The van der Waals surface area contributed by atoms with Gasteiger partial charge in [0.25, 0.3) is 0 Å². The third-order valence-corrected chi connectivity index (χ3v) is 4.43. The molecule has 0 aromatic carbocycles. The summed E-state index contributed by atoms with van der Waals surface area (Å²) in [6.45, 7) is 1.56. The van der Waals surface area contributed by atoms with E-state index in [0.29, 0.717) is 18.4 Å². The van der Waals surface area contributed by atoms with E-state index in [4.69, 9.17) is 15.0 Å². The van der Waals surface area contributed by atoms with Crippen molar-refractivity contribution in [3.05, 3.63) is 11.7 Å². The van der Waals surface area contributed by atoms with Crippen LogP contribution >= 0.6 is 0 Å². The molecule has 5 heteroatoms. The predicted octanol–water partition coefficient (Wildman–Crippen LogP) is 2.54. The molecule has 5 nitrogen and oxygen atoms in total. The molecule has 106 valence electrons. The van der Waals surface area contributed by atoms with Crippen LogP contribution in [0.2, 0.25) is 0 Å². The molecule has 1 saturated heterocycles. The van der Waals surface area contributed by atoms with Gasteiger partial charge >= 0.3 is 0 Å². The van der Waals surface area contributed by atoms with Gasteiger partial charge in [-0.3, -0.25) is 0 Å². The number of aromatic nitrogens is 2. The second-order valence-corrected chi connectivity index (χ2v) is 5.83. The molecule has 0 spiro atoms. The van der Waals surface area contributed by atoms with Crippen molar-refractivity contribution in [2.45, 2.75) is 56.9 Å². The predicted molar refractivity (Wildman–Crippen MR) is 70.6 cm³/mol. The summed E-state index contributed by atoms with van der Waals surface area (Å²) in [7, 11) is 0. The first kappa shape index (κ1) is 13.1. The van der Waals surface area contributed by atoms with Crippen LogP contribution < -0.4 is 5.73 Å². The fourth-order valence-corrected chi connectivity index (χ4v) is 3.19. The van der Waals surface area contributed by atoms with Gasteiger partial charge < -0.3 is 15.0 Å². The van der Waals surface area contributed by atoms with Gasteiger partial charge in [0, 0.05) is 12.5 Å². The lowest BCUT2D eigenvalue weighted by Gasteiger charge is -2.24. The quantitative estimate of drug-likeness (QED) is 0.909. The summed E-state index contributed by atoms with van der Waals surface area (Å²) in [6, 6.07) is -0.0916. The Bertz CT molecular complexity index is 395. The molecule has 0 bridgehead atoms. The van der Waals surface area contributed by atoms with Crippen molar-refractivity contribution < 1.29 is 9.26 Å². The highest BCUT2D eigenvalue weighted by Crippen LogP contribution is 2.33. The first-order valence-corrected chi connectivity index (χ1v) is 7.51. The number of nitrogens with two attached hydrogens (primary N) is 1. The van der Waals surface area contributed by atoms with Crippen LogP contribution in [-0.2, 0) is 4.74 Å². The first-order chi connectivity index (χ1) is 9.34. The Balaban J connectivity index is 1.65. The molecule has 2 fully saturated rings. The summed E-state index contributed by atoms with van der Waals surface area (Å²) in [5.74, 6) is 2.18. The fourth-order valence-electron chi connectivity index (χ4n) is 3.19. The Morgan fingerprint density at radius 1 is 1.11 bits per heavy atom. The van der Waals surface area contributed by atoms with E-state index in [1.807, 2.05) is 0 Å². The maximum Gasteiger partial charge on any atom is 0.243 e. The molecule has 2 N–H and O–H groups in total. The van der Waals surface area contributed by atoms with Crippen molar-refractivity contribution in [2.75, 3.05) is 13.2 Å². The third kappa shape index (κ3) is 2.98. The molecule has 1 saturated carbocycles. The number of hydrogen-bond donors (Lipinski definition) is 1. The van der Waals surface area contributed by atoms with Crippen LogP contribution in [0, 0.1) is 5.92 Å². The van der Waals surface area contributed by atoms with E-state index in [9.17, 15) is 0 Å². The van der Waals surface area contributed by atoms with Crippen molar-refractivity contribution in [2.24, 2.45) is 11.7 Å². The van der Waals surface area contributed by atoms with E-state index < -0.39 is 0 Å². The van der Waals surface area contributed by atoms with Gasteiger partial charge in [0.1, 0.15) is 0 Å². The van der Waals surface area contributed by atoms with Gasteiger partial charge in [-0.2, -0.15) is 4.98 Å². The minimum atomic E-state index is -0.0916. The van der Waals surface area contributed by atoms with Crippen LogP contribution in [0.1, 0.15) is 68.6 Å². The largest absolute Gasteiger partial charge is 0.381 e. The zero-order valence-electron chi connectivity index (χ0n) is 11.4. The molecule has 1 aromatic rings. The summed E-state index contributed by atoms with van der Waals surface area (Å²) < 4.78 is 10.9. The molecule has 0 amide bonds. The highest BCUT2D eigenvalue weighted by Gasteiger charge is 2.28. The van der Waals surface area contributed by atoms with Gasteiger partial charge in [-0.15, -0.1) is 0 Å². The SMILES string of the molecule is NC(c1nc(C2CCCOC2)no1)C1CCCCC1. The van der Waals surface area contributed by atoms with Crippen molar-refractivity contribution >= 4 is 0 Å². The number of hydrogen-bond acceptors (Lipinski definition) is 5. The normalized spacial score (nSPS) is 27.3. The monoisotopic (exact) mass is 265 g/mol. The Morgan fingerprint density at radius 2 is 1.95 bits per heavy atom. The molecule has 3 rings (SSSR count). The highest BCUT2D eigenvalue weighted by atomic mass is 16.5. The van der Waals surface area contributed by atoms with Crippen LogP contribution in [-0.4, -0.2) is 23.4 Å². The lowest BCUT2D eigenvalue weighted by Crippen LogP contribution is -2.24. The Labute approximate surface area is 113 Å². The van der Waals surface area contributed by atoms with Crippen LogP contribution in [0.5, 0.6) is 0 Å². The molecule has 19 heavy (non-hydrogen) atoms. The maximum atomic E-state index is 6.29. The lowest BCUT2D eigenvalue weighted by molar-refractivity contribution is 0.0773. The van der Waals surface area contributed by atoms with E-state index in [-0.39, 0.29) is 12.0 Å². The summed E-state index contributed by atoms with van der Waals surface area (Å²) in [5, 5.41) is 4.11. The molecule has 1 aliphatic heterocycles. The number of rotatable bonds is 3. The van der Waals surface area contributed by atoms with E-state index in [2.05, 4.69) is 10.1 Å². The summed E-state index contributed by atoms with van der Waals surface area (Å²) in [5.41, 5.74) is 6.29. The Morgan fingerprint density at radius 3 is 2.68 bits per heavy atom. The minimum absolute atomic E-state index is 0.0916. The van der Waals surface area contributed by atoms with E-state index in [1.54, 1.807) is 0 Å². The molecule has 1 aromatic heterocycles. The van der Waals surface area contributed by atoms with Crippen LogP contribution in [0.15, 0.2) is 4.52 Å². The van der Waals surface area contributed by atoms with Gasteiger partial charge in [-0.1, -0.05) is 24.4 Å². The van der Waals surface area contributed by atoms with E-state index >= 15 is 0 Å². The minimum Gasteiger partial charge on any atom is -0.381 e. The van der Waals surface area contributed by atoms with Gasteiger partial charge in [-0.05, 0) is 31.6 Å². The topological polar surface area (TPSA) is 74.2 Å². The van der Waals surface area contributed by atoms with Crippen LogP contribution in [0.4, 0.5) is 0 Å². The number of nitrogens with zero attached hydrogens (tertiary/aromatic N) is 2. The van der Waals surface area contributed by atoms with Gasteiger partial charge in [-0.25, -0.2) is 0 Å². The summed E-state index contributed by atoms with van der Waals surface area (Å²) in [4.78, 5) is 4.53. The fraction of sp³-hybridized carbons (Fsp3) is 0.857. The molecular weight excluding hydrogens is 242 g/mol. The standard InChI is InChI=1S/C14H23N3O2/c15-12(10-5-2-1-3-6-10)14-16-13(17-19-14)11-7-4-8-18-9-11/h10-12H,1-9,15H2. The van der Waals surface area contributed by atoms with Crippen LogP contribution in [0.25, 0.3) is 0 Å². The highest BCUT2D eigenvalue weighted by molar-refractivity contribution is 5.00. The van der Waals surface area contributed by atoms with Crippen molar-refractivity contribution in [1.29, 1.82) is 0 Å². The maximum absolute atomic E-state index is 6.29. The average Bonchev–Trinajstić information content (AvgIpc) is 2.98. The van der Waals surface area contributed by atoms with Gasteiger partial charge in [0.2, 0.25) is 5.89 Å². The van der Waals surface area contributed by atoms with E-state index in [1.165, 1.54) is 32.1 Å². The third-order valence-electron chi connectivity index (χ3n) is 4.43. The van der Waals surface area contributed by atoms with Crippen molar-refractivity contribution in [3.8, 4) is 0 Å². The molecule has 2 atom stereocenters. The average molecular weight is 265 g/mol. The molecule has 1 aliphatic carbocycles. The Hall–Kier alpha value is -0.940. The first-order valence-electron chi connectivity index (χ1n) is 7.51. The number of ether oxygens (including phenoxy) is 1. The molecular formula is C14H23N3O2. The molecule has 2 unspecified atom stereocenters. The molecule has 2 heterocycles. The van der Waals surface area contributed by atoms with E-state index in [0.717, 1.165) is 25.3 Å². The van der Waals surface area contributed by atoms with Crippen molar-refractivity contribution in [1.82, 2.24) is 10.1 Å². The zero-order valence-corrected chi connectivity index (χ0v) is 11.4. The smallest absolute Gasteiger partial charge is 0.243 e. The van der Waals surface area contributed by atoms with Crippen LogP contribution in [0.3, 0.4) is 0 Å².